The van der Waals surface area contributed by atoms with E-state index in [1.165, 1.54) is 12.1 Å². The molecule has 0 unspecified atom stereocenters. The van der Waals surface area contributed by atoms with E-state index in [9.17, 15) is 9.59 Å². The van der Waals surface area contributed by atoms with Crippen LogP contribution in [0, 0.1) is 0 Å². The van der Waals surface area contributed by atoms with Crippen molar-refractivity contribution in [2.45, 2.75) is 6.61 Å². The Labute approximate surface area is 146 Å². The van der Waals surface area contributed by atoms with Gasteiger partial charge in [0.05, 0.1) is 27.7 Å². The molecule has 0 radical (unpaired) electrons. The number of halogens is 2. The van der Waals surface area contributed by atoms with Crippen LogP contribution in [0.5, 0.6) is 0 Å². The van der Waals surface area contributed by atoms with Crippen molar-refractivity contribution in [3.63, 3.8) is 0 Å². The van der Waals surface area contributed by atoms with Gasteiger partial charge in [-0.25, -0.2) is 10.5 Å². The molecule has 0 bridgehead atoms. The van der Waals surface area contributed by atoms with Crippen molar-refractivity contribution in [3.8, 4) is 0 Å². The number of nitrogens with one attached hydrogen (secondary N) is 2. The number of carbonyl (C=O) groups excluding carboxylic acids is 1. The zero-order valence-electron chi connectivity index (χ0n) is 12.2. The number of amides is 1. The lowest BCUT2D eigenvalue weighted by atomic mass is 10.2. The summed E-state index contributed by atoms with van der Waals surface area (Å²) in [6.07, 6.45) is 0. The fourth-order valence-electron chi connectivity index (χ4n) is 2.04. The van der Waals surface area contributed by atoms with Gasteiger partial charge in [0.1, 0.15) is 0 Å². The number of hydrogen-bond donors (Lipinski definition) is 2. The van der Waals surface area contributed by atoms with Crippen LogP contribution in [0.25, 0.3) is 11.0 Å². The largest absolute Gasteiger partial charge is 0.319 e. The van der Waals surface area contributed by atoms with Crippen LogP contribution in [0.2, 0.25) is 10.0 Å². The Balaban J connectivity index is 1.78. The smallest absolute Gasteiger partial charge is 0.299 e. The van der Waals surface area contributed by atoms with Crippen molar-refractivity contribution in [1.82, 2.24) is 15.4 Å². The molecule has 0 atom stereocenters. The fraction of sp³-hybridized carbons (Fsp3) is 0.0625. The minimum atomic E-state index is -0.750. The first kappa shape index (κ1) is 16.4. The Hall–Kier alpha value is -2.41. The van der Waals surface area contributed by atoms with E-state index < -0.39 is 11.5 Å². The molecule has 8 heteroatoms. The molecule has 0 fully saturated rings. The lowest BCUT2D eigenvalue weighted by molar-refractivity contribution is 0.0228. The molecule has 1 heterocycles. The van der Waals surface area contributed by atoms with Gasteiger partial charge in [0, 0.05) is 0 Å². The van der Waals surface area contributed by atoms with E-state index >= 15 is 0 Å². The van der Waals surface area contributed by atoms with Gasteiger partial charge < -0.3 is 4.98 Å². The van der Waals surface area contributed by atoms with Crippen LogP contribution in [-0.4, -0.2) is 15.9 Å². The number of fused-ring (bicyclic) bond motifs is 1. The lowest BCUT2D eigenvalue weighted by Gasteiger charge is -2.06. The first-order chi connectivity index (χ1) is 11.5. The molecule has 6 nitrogen and oxygen atoms in total. The van der Waals surface area contributed by atoms with Crippen molar-refractivity contribution in [3.05, 3.63) is 74.1 Å². The molecular weight excluding hydrogens is 353 g/mol. The predicted octanol–water partition coefficient (Wildman–Crippen LogP) is 3.09. The number of aromatic amines is 1. The van der Waals surface area contributed by atoms with Crippen LogP contribution < -0.4 is 11.0 Å². The first-order valence-corrected chi connectivity index (χ1v) is 7.65. The molecule has 1 amide bonds. The van der Waals surface area contributed by atoms with E-state index in [1.807, 2.05) is 30.3 Å². The molecule has 0 aliphatic heterocycles. The van der Waals surface area contributed by atoms with Gasteiger partial charge in [-0.3, -0.25) is 14.4 Å². The summed E-state index contributed by atoms with van der Waals surface area (Å²) in [4.78, 5) is 35.7. The van der Waals surface area contributed by atoms with E-state index in [1.54, 1.807) is 0 Å². The van der Waals surface area contributed by atoms with Gasteiger partial charge in [-0.05, 0) is 17.7 Å². The Morgan fingerprint density at radius 1 is 1.17 bits per heavy atom. The molecule has 24 heavy (non-hydrogen) atoms. The average Bonchev–Trinajstić information content (AvgIpc) is 2.57. The summed E-state index contributed by atoms with van der Waals surface area (Å²) in [5, 5.41) is 0.556. The van der Waals surface area contributed by atoms with Crippen LogP contribution in [-0.2, 0) is 11.4 Å². The molecular formula is C16H11Cl2N3O3. The number of rotatable bonds is 4. The maximum Gasteiger partial charge on any atom is 0.299 e. The monoisotopic (exact) mass is 363 g/mol. The van der Waals surface area contributed by atoms with Crippen molar-refractivity contribution >= 4 is 40.1 Å². The lowest BCUT2D eigenvalue weighted by Crippen LogP contribution is -2.31. The maximum absolute atomic E-state index is 12.1. The zero-order valence-corrected chi connectivity index (χ0v) is 13.7. The molecule has 122 valence electrons. The average molecular weight is 364 g/mol. The second-order valence-corrected chi connectivity index (χ2v) is 5.72. The molecule has 0 aliphatic carbocycles. The Morgan fingerprint density at radius 2 is 1.88 bits per heavy atom. The van der Waals surface area contributed by atoms with Gasteiger partial charge in [-0.15, -0.1) is 0 Å². The van der Waals surface area contributed by atoms with Gasteiger partial charge in [0.25, 0.3) is 11.5 Å². The van der Waals surface area contributed by atoms with E-state index in [2.05, 4.69) is 15.4 Å². The van der Waals surface area contributed by atoms with Crippen molar-refractivity contribution in [1.29, 1.82) is 0 Å². The zero-order chi connectivity index (χ0) is 17.1. The van der Waals surface area contributed by atoms with E-state index in [0.717, 1.165) is 5.56 Å². The van der Waals surface area contributed by atoms with E-state index in [-0.39, 0.29) is 22.3 Å². The molecule has 2 aromatic carbocycles. The highest BCUT2D eigenvalue weighted by atomic mass is 35.5. The standard InChI is InChI=1S/C16H11Cl2N3O3/c17-10-6-12-13(7-11(10)18)20-15(22)14(19-12)16(23)21-24-8-9-4-2-1-3-5-9/h1-7H,8H2,(H,20,22)(H,21,23). The second kappa shape index (κ2) is 7.00. The summed E-state index contributed by atoms with van der Waals surface area (Å²) in [6.45, 7) is 0.166. The third-order valence-corrected chi connectivity index (χ3v) is 3.92. The minimum absolute atomic E-state index is 0.166. The highest BCUT2D eigenvalue weighted by Gasteiger charge is 2.15. The van der Waals surface area contributed by atoms with Crippen LogP contribution in [0.3, 0.4) is 0 Å². The summed E-state index contributed by atoms with van der Waals surface area (Å²) in [5.41, 5.74) is 2.83. The normalized spacial score (nSPS) is 10.8. The van der Waals surface area contributed by atoms with Gasteiger partial charge in [-0.2, -0.15) is 0 Å². The third-order valence-electron chi connectivity index (χ3n) is 3.20. The third kappa shape index (κ3) is 3.56. The fourth-order valence-corrected chi connectivity index (χ4v) is 2.36. The van der Waals surface area contributed by atoms with Gasteiger partial charge in [-0.1, -0.05) is 53.5 Å². The molecule has 3 aromatic rings. The molecule has 0 spiro atoms. The molecule has 0 saturated heterocycles. The molecule has 1 aromatic heterocycles. The second-order valence-electron chi connectivity index (χ2n) is 4.90. The Bertz CT molecular complexity index is 958. The van der Waals surface area contributed by atoms with Crippen LogP contribution in [0.15, 0.2) is 47.3 Å². The summed E-state index contributed by atoms with van der Waals surface area (Å²) in [7, 11) is 0. The number of nitrogens with zero attached hydrogens (tertiary/aromatic N) is 1. The minimum Gasteiger partial charge on any atom is -0.319 e. The molecule has 3 rings (SSSR count). The topological polar surface area (TPSA) is 84.1 Å². The number of carbonyl (C=O) groups is 1. The van der Waals surface area contributed by atoms with Crippen molar-refractivity contribution in [2.24, 2.45) is 0 Å². The van der Waals surface area contributed by atoms with Crippen molar-refractivity contribution in [2.75, 3.05) is 0 Å². The Kier molecular flexibility index (Phi) is 4.80. The Morgan fingerprint density at radius 3 is 2.62 bits per heavy atom. The van der Waals surface area contributed by atoms with Crippen LogP contribution >= 0.6 is 23.2 Å². The van der Waals surface area contributed by atoms with Crippen molar-refractivity contribution < 1.29 is 9.63 Å². The van der Waals surface area contributed by atoms with E-state index in [4.69, 9.17) is 28.0 Å². The number of aromatic nitrogens is 2. The summed E-state index contributed by atoms with van der Waals surface area (Å²) >= 11 is 11.8. The van der Waals surface area contributed by atoms with Crippen LogP contribution in [0.4, 0.5) is 0 Å². The predicted molar refractivity (Wildman–Crippen MR) is 91.1 cm³/mol. The highest BCUT2D eigenvalue weighted by molar-refractivity contribution is 6.42. The number of benzene rings is 2. The SMILES string of the molecule is O=C(NOCc1ccccc1)c1nc2cc(Cl)c(Cl)cc2[nH]c1=O. The van der Waals surface area contributed by atoms with E-state index in [0.29, 0.717) is 11.0 Å². The highest BCUT2D eigenvalue weighted by Crippen LogP contribution is 2.25. The summed E-state index contributed by atoms with van der Waals surface area (Å²) in [6, 6.07) is 12.2. The molecule has 2 N–H and O–H groups in total. The van der Waals surface area contributed by atoms with Gasteiger partial charge in [0.15, 0.2) is 5.69 Å². The quantitative estimate of drug-likeness (QED) is 0.697. The van der Waals surface area contributed by atoms with Gasteiger partial charge >= 0.3 is 0 Å². The summed E-state index contributed by atoms with van der Waals surface area (Å²) in [5.74, 6) is -0.750. The van der Waals surface area contributed by atoms with Crippen LogP contribution in [0.1, 0.15) is 16.1 Å². The molecule has 0 saturated carbocycles. The first-order valence-electron chi connectivity index (χ1n) is 6.90. The molecule has 0 aliphatic rings. The number of hydroxylamine groups is 1. The van der Waals surface area contributed by atoms with Gasteiger partial charge in [0.2, 0.25) is 0 Å². The number of H-pyrrole nitrogens is 1. The maximum atomic E-state index is 12.1. The number of hydrogen-bond acceptors (Lipinski definition) is 4. The summed E-state index contributed by atoms with van der Waals surface area (Å²) < 4.78 is 0.